The maximum absolute atomic E-state index is 6.04. The van der Waals surface area contributed by atoms with Crippen LogP contribution in [0.3, 0.4) is 0 Å². The normalized spacial score (nSPS) is 12.9. The fourth-order valence-corrected chi connectivity index (χ4v) is 1.87. The van der Waals surface area contributed by atoms with Crippen LogP contribution in [-0.4, -0.2) is 9.78 Å². The number of rotatable bonds is 4. The third kappa shape index (κ3) is 2.28. The molecule has 2 aromatic rings. The van der Waals surface area contributed by atoms with Crippen molar-refractivity contribution >= 4 is 11.6 Å². The number of hydrogen-bond acceptors (Lipinski definition) is 3. The van der Waals surface area contributed by atoms with E-state index in [-0.39, 0.29) is 6.04 Å². The van der Waals surface area contributed by atoms with Gasteiger partial charge in [-0.2, -0.15) is 5.10 Å². The minimum atomic E-state index is -0.152. The van der Waals surface area contributed by atoms with Crippen molar-refractivity contribution in [1.29, 1.82) is 0 Å². The van der Waals surface area contributed by atoms with Gasteiger partial charge in [-0.05, 0) is 36.6 Å². The maximum Gasteiger partial charge on any atom is 0.197 e. The van der Waals surface area contributed by atoms with Crippen molar-refractivity contribution in [3.05, 3.63) is 41.1 Å². The topological polar surface area (TPSA) is 57.0 Å². The molecular weight excluding hydrogens is 226 g/mol. The molecule has 1 unspecified atom stereocenters. The largest absolute Gasteiger partial charge is 0.453 e. The molecule has 2 aromatic heterocycles. The van der Waals surface area contributed by atoms with Gasteiger partial charge in [0.1, 0.15) is 0 Å². The molecular formula is C11H14ClN3O. The molecule has 1 atom stereocenters. The first-order chi connectivity index (χ1) is 7.70. The predicted molar refractivity (Wildman–Crippen MR) is 62.3 cm³/mol. The summed E-state index contributed by atoms with van der Waals surface area (Å²) in [6.07, 6.45) is 6.08. The van der Waals surface area contributed by atoms with Gasteiger partial charge in [-0.25, -0.2) is 0 Å². The number of aromatic nitrogens is 2. The van der Waals surface area contributed by atoms with Crippen molar-refractivity contribution in [3.8, 4) is 0 Å². The van der Waals surface area contributed by atoms with Gasteiger partial charge in [0.05, 0.1) is 12.5 Å². The molecule has 2 rings (SSSR count). The number of hydrogen-bond donors (Lipinski definition) is 1. The minimum absolute atomic E-state index is 0.152. The second-order valence-electron chi connectivity index (χ2n) is 3.66. The van der Waals surface area contributed by atoms with E-state index in [2.05, 4.69) is 5.10 Å². The molecule has 0 aliphatic carbocycles. The van der Waals surface area contributed by atoms with E-state index in [0.717, 1.165) is 17.7 Å². The van der Waals surface area contributed by atoms with Gasteiger partial charge in [-0.1, -0.05) is 0 Å². The summed E-state index contributed by atoms with van der Waals surface area (Å²) < 4.78 is 6.89. The average molecular weight is 240 g/mol. The first kappa shape index (κ1) is 11.2. The van der Waals surface area contributed by atoms with Crippen LogP contribution in [0, 0.1) is 0 Å². The summed E-state index contributed by atoms with van der Waals surface area (Å²) in [5, 5.41) is 4.57. The quantitative estimate of drug-likeness (QED) is 0.891. The fraction of sp³-hybridized carbons (Fsp3) is 0.364. The molecule has 16 heavy (non-hydrogen) atoms. The van der Waals surface area contributed by atoms with E-state index < -0.39 is 0 Å². The number of furan rings is 1. The lowest BCUT2D eigenvalue weighted by molar-refractivity contribution is 0.560. The first-order valence-electron chi connectivity index (χ1n) is 5.20. The average Bonchev–Trinajstić information content (AvgIpc) is 2.86. The molecule has 0 aliphatic heterocycles. The van der Waals surface area contributed by atoms with Crippen molar-refractivity contribution in [2.24, 2.45) is 5.73 Å². The van der Waals surface area contributed by atoms with Gasteiger partial charge in [-0.3, -0.25) is 4.68 Å². The van der Waals surface area contributed by atoms with Crippen LogP contribution in [0.4, 0.5) is 0 Å². The van der Waals surface area contributed by atoms with Gasteiger partial charge in [0.2, 0.25) is 0 Å². The molecule has 2 N–H and O–H groups in total. The highest BCUT2D eigenvalue weighted by Gasteiger charge is 2.14. The van der Waals surface area contributed by atoms with Crippen LogP contribution < -0.4 is 5.73 Å². The third-order valence-corrected chi connectivity index (χ3v) is 2.82. The van der Waals surface area contributed by atoms with E-state index >= 15 is 0 Å². The zero-order valence-electron chi connectivity index (χ0n) is 9.06. The molecule has 0 amide bonds. The lowest BCUT2D eigenvalue weighted by Crippen LogP contribution is -2.12. The molecule has 0 aliphatic rings. The van der Waals surface area contributed by atoms with E-state index in [1.54, 1.807) is 12.3 Å². The summed E-state index contributed by atoms with van der Waals surface area (Å²) in [6, 6.07) is 1.65. The van der Waals surface area contributed by atoms with E-state index in [9.17, 15) is 0 Å². The lowest BCUT2D eigenvalue weighted by atomic mass is 10.1. The Morgan fingerprint density at radius 2 is 2.44 bits per heavy atom. The minimum Gasteiger partial charge on any atom is -0.453 e. The Kier molecular flexibility index (Phi) is 3.31. The fourth-order valence-electron chi connectivity index (χ4n) is 1.62. The van der Waals surface area contributed by atoms with Crippen molar-refractivity contribution < 1.29 is 4.42 Å². The first-order valence-corrected chi connectivity index (χ1v) is 5.58. The number of nitrogens with zero attached hydrogens (tertiary/aromatic N) is 2. The molecule has 0 bridgehead atoms. The zero-order valence-corrected chi connectivity index (χ0v) is 9.81. The second-order valence-corrected chi connectivity index (χ2v) is 4.01. The van der Waals surface area contributed by atoms with Crippen molar-refractivity contribution in [1.82, 2.24) is 9.78 Å². The highest BCUT2D eigenvalue weighted by Crippen LogP contribution is 2.24. The molecule has 4 nitrogen and oxygen atoms in total. The van der Waals surface area contributed by atoms with Crippen molar-refractivity contribution in [2.75, 3.05) is 0 Å². The molecule has 0 radical (unpaired) electrons. The SMILES string of the molecule is CCn1cc(CC(N)c2ccoc2Cl)cn1. The smallest absolute Gasteiger partial charge is 0.197 e. The Hall–Kier alpha value is -1.26. The molecule has 0 saturated heterocycles. The molecule has 86 valence electrons. The van der Waals surface area contributed by atoms with E-state index in [1.165, 1.54) is 0 Å². The van der Waals surface area contributed by atoms with Crippen molar-refractivity contribution in [2.45, 2.75) is 25.9 Å². The van der Waals surface area contributed by atoms with Crippen LogP contribution in [0.15, 0.2) is 29.1 Å². The van der Waals surface area contributed by atoms with Gasteiger partial charge < -0.3 is 10.2 Å². The van der Waals surface area contributed by atoms with Crippen LogP contribution in [0.2, 0.25) is 5.22 Å². The third-order valence-electron chi connectivity index (χ3n) is 2.51. The summed E-state index contributed by atoms with van der Waals surface area (Å²) in [5.74, 6) is 0. The summed E-state index contributed by atoms with van der Waals surface area (Å²) in [5.41, 5.74) is 7.98. The Balaban J connectivity index is 2.07. The summed E-state index contributed by atoms with van der Waals surface area (Å²) in [4.78, 5) is 0. The van der Waals surface area contributed by atoms with Gasteiger partial charge in [-0.15, -0.1) is 0 Å². The monoisotopic (exact) mass is 239 g/mol. The zero-order chi connectivity index (χ0) is 11.5. The number of nitrogens with two attached hydrogens (primary N) is 1. The van der Waals surface area contributed by atoms with Crippen LogP contribution in [-0.2, 0) is 13.0 Å². The summed E-state index contributed by atoms with van der Waals surface area (Å²) in [7, 11) is 0. The molecule has 5 heteroatoms. The van der Waals surface area contributed by atoms with E-state index in [0.29, 0.717) is 11.6 Å². The Bertz CT molecular complexity index is 463. The van der Waals surface area contributed by atoms with Gasteiger partial charge in [0.15, 0.2) is 5.22 Å². The predicted octanol–water partition coefficient (Wildman–Crippen LogP) is 2.39. The van der Waals surface area contributed by atoms with Gasteiger partial charge in [0, 0.05) is 24.3 Å². The highest BCUT2D eigenvalue weighted by molar-refractivity contribution is 6.29. The maximum atomic E-state index is 6.04. The standard InChI is InChI=1S/C11H14ClN3O/c1-2-15-7-8(6-14-15)5-10(13)9-3-4-16-11(9)12/h3-4,6-7,10H,2,5,13H2,1H3. The lowest BCUT2D eigenvalue weighted by Gasteiger charge is -2.07. The molecule has 0 fully saturated rings. The van der Waals surface area contributed by atoms with Crippen LogP contribution in [0.1, 0.15) is 24.1 Å². The van der Waals surface area contributed by atoms with Crippen LogP contribution in [0.25, 0.3) is 0 Å². The van der Waals surface area contributed by atoms with E-state index in [4.69, 9.17) is 21.8 Å². The van der Waals surface area contributed by atoms with Crippen LogP contribution in [0.5, 0.6) is 0 Å². The Morgan fingerprint density at radius 1 is 1.62 bits per heavy atom. The molecule has 0 spiro atoms. The number of aryl methyl sites for hydroxylation is 1. The van der Waals surface area contributed by atoms with Gasteiger partial charge in [0.25, 0.3) is 0 Å². The summed E-state index contributed by atoms with van der Waals surface area (Å²) in [6.45, 7) is 2.91. The Morgan fingerprint density at radius 3 is 3.00 bits per heavy atom. The molecule has 0 saturated carbocycles. The van der Waals surface area contributed by atoms with Crippen LogP contribution >= 0.6 is 11.6 Å². The van der Waals surface area contributed by atoms with E-state index in [1.807, 2.05) is 24.0 Å². The highest BCUT2D eigenvalue weighted by atomic mass is 35.5. The van der Waals surface area contributed by atoms with Crippen molar-refractivity contribution in [3.63, 3.8) is 0 Å². The molecule has 0 aromatic carbocycles. The Labute approximate surface area is 99.0 Å². The second kappa shape index (κ2) is 4.72. The van der Waals surface area contributed by atoms with Gasteiger partial charge >= 0.3 is 0 Å². The molecule has 2 heterocycles. The summed E-state index contributed by atoms with van der Waals surface area (Å²) >= 11 is 5.87. The number of halogens is 1.